The van der Waals surface area contributed by atoms with E-state index in [0.29, 0.717) is 12.1 Å². The molecule has 0 aliphatic carbocycles. The van der Waals surface area contributed by atoms with E-state index in [2.05, 4.69) is 4.98 Å². The van der Waals surface area contributed by atoms with E-state index >= 15 is 0 Å². The van der Waals surface area contributed by atoms with Crippen molar-refractivity contribution in [1.82, 2.24) is 14.1 Å². The van der Waals surface area contributed by atoms with E-state index in [-0.39, 0.29) is 0 Å². The highest BCUT2D eigenvalue weighted by Gasteiger charge is 2.12. The Morgan fingerprint density at radius 2 is 2.21 bits per heavy atom. The molecule has 0 fully saturated rings. The second-order valence-electron chi connectivity index (χ2n) is 4.49. The van der Waals surface area contributed by atoms with Crippen LogP contribution in [0.4, 0.5) is 0 Å². The number of carboxylic acid groups (broad SMARTS) is 1. The molecular formula is C14H13N3O2. The smallest absolute Gasteiger partial charge is 0.337 e. The molecule has 0 spiro atoms. The number of aryl methyl sites for hydroxylation is 1. The number of aromatic carboxylic acids is 1. The number of rotatable bonds is 3. The van der Waals surface area contributed by atoms with Gasteiger partial charge >= 0.3 is 5.97 Å². The molecule has 0 bridgehead atoms. The second kappa shape index (κ2) is 4.28. The largest absolute Gasteiger partial charge is 0.478 e. The van der Waals surface area contributed by atoms with E-state index in [1.807, 2.05) is 34.5 Å². The number of fused-ring (bicyclic) bond motifs is 1. The van der Waals surface area contributed by atoms with Crippen LogP contribution in [0.15, 0.2) is 43.0 Å². The zero-order chi connectivity index (χ0) is 13.4. The van der Waals surface area contributed by atoms with Crippen molar-refractivity contribution >= 4 is 16.9 Å². The highest BCUT2D eigenvalue weighted by molar-refractivity contribution is 6.02. The van der Waals surface area contributed by atoms with E-state index in [1.165, 1.54) is 0 Å². The topological polar surface area (TPSA) is 60.0 Å². The van der Waals surface area contributed by atoms with E-state index < -0.39 is 5.97 Å². The standard InChI is InChI=1S/C14H13N3O2/c1-16-9-15-7-11(16)8-17-6-5-10-3-2-4-12(13(10)17)14(18)19/h2-7,9H,8H2,1H3,(H,18,19). The normalized spacial score (nSPS) is 11.0. The third kappa shape index (κ3) is 1.89. The molecular weight excluding hydrogens is 242 g/mol. The number of carbonyl (C=O) groups is 1. The molecule has 0 saturated carbocycles. The SMILES string of the molecule is Cn1cncc1Cn1ccc2cccc(C(=O)O)c21. The maximum Gasteiger partial charge on any atom is 0.337 e. The second-order valence-corrected chi connectivity index (χ2v) is 4.49. The molecule has 0 unspecified atom stereocenters. The first kappa shape index (κ1) is 11.5. The van der Waals surface area contributed by atoms with Crippen LogP contribution in [-0.4, -0.2) is 25.2 Å². The van der Waals surface area contributed by atoms with Gasteiger partial charge in [0.25, 0.3) is 0 Å². The fourth-order valence-corrected chi connectivity index (χ4v) is 2.28. The maximum atomic E-state index is 11.3. The van der Waals surface area contributed by atoms with E-state index in [0.717, 1.165) is 16.6 Å². The molecule has 1 aromatic carbocycles. The van der Waals surface area contributed by atoms with Crippen LogP contribution in [-0.2, 0) is 13.6 Å². The molecule has 96 valence electrons. The van der Waals surface area contributed by atoms with Crippen LogP contribution < -0.4 is 0 Å². The van der Waals surface area contributed by atoms with Gasteiger partial charge in [0.1, 0.15) is 0 Å². The molecule has 0 radical (unpaired) electrons. The van der Waals surface area contributed by atoms with Crippen LogP contribution in [0.2, 0.25) is 0 Å². The van der Waals surface area contributed by atoms with Crippen molar-refractivity contribution in [3.05, 3.63) is 54.2 Å². The lowest BCUT2D eigenvalue weighted by Crippen LogP contribution is -2.06. The number of hydrogen-bond donors (Lipinski definition) is 1. The Bertz CT molecular complexity index is 755. The Morgan fingerprint density at radius 1 is 1.37 bits per heavy atom. The minimum absolute atomic E-state index is 0.324. The summed E-state index contributed by atoms with van der Waals surface area (Å²) in [7, 11) is 1.92. The highest BCUT2D eigenvalue weighted by Crippen LogP contribution is 2.21. The summed E-state index contributed by atoms with van der Waals surface area (Å²) in [5.41, 5.74) is 2.10. The van der Waals surface area contributed by atoms with Gasteiger partial charge in [-0.05, 0) is 12.1 Å². The summed E-state index contributed by atoms with van der Waals surface area (Å²) in [5.74, 6) is -0.907. The van der Waals surface area contributed by atoms with Crippen molar-refractivity contribution in [3.63, 3.8) is 0 Å². The summed E-state index contributed by atoms with van der Waals surface area (Å²) in [4.78, 5) is 15.4. The van der Waals surface area contributed by atoms with Crippen LogP contribution >= 0.6 is 0 Å². The summed E-state index contributed by atoms with van der Waals surface area (Å²) < 4.78 is 3.87. The average molecular weight is 255 g/mol. The summed E-state index contributed by atoms with van der Waals surface area (Å²) in [5, 5.41) is 10.2. The Hall–Kier alpha value is -2.56. The molecule has 19 heavy (non-hydrogen) atoms. The van der Waals surface area contributed by atoms with Crippen LogP contribution in [0.3, 0.4) is 0 Å². The molecule has 2 heterocycles. The number of aromatic nitrogens is 3. The van der Waals surface area contributed by atoms with Crippen molar-refractivity contribution in [2.75, 3.05) is 0 Å². The van der Waals surface area contributed by atoms with Gasteiger partial charge in [0.05, 0.1) is 29.6 Å². The zero-order valence-corrected chi connectivity index (χ0v) is 10.4. The molecule has 5 heteroatoms. The third-order valence-electron chi connectivity index (χ3n) is 3.27. The lowest BCUT2D eigenvalue weighted by Gasteiger charge is -2.08. The van der Waals surface area contributed by atoms with Gasteiger partial charge in [-0.15, -0.1) is 0 Å². The lowest BCUT2D eigenvalue weighted by atomic mass is 10.1. The monoisotopic (exact) mass is 255 g/mol. The molecule has 2 aromatic heterocycles. The van der Waals surface area contributed by atoms with Gasteiger partial charge < -0.3 is 14.2 Å². The number of carboxylic acids is 1. The molecule has 1 N–H and O–H groups in total. The van der Waals surface area contributed by atoms with Gasteiger partial charge in [0, 0.05) is 24.8 Å². The van der Waals surface area contributed by atoms with Crippen LogP contribution in [0, 0.1) is 0 Å². The van der Waals surface area contributed by atoms with Crippen LogP contribution in [0.25, 0.3) is 10.9 Å². The summed E-state index contributed by atoms with van der Waals surface area (Å²) in [6, 6.07) is 7.24. The molecule has 3 rings (SSSR count). The van der Waals surface area contributed by atoms with Gasteiger partial charge in [0.2, 0.25) is 0 Å². The fourth-order valence-electron chi connectivity index (χ4n) is 2.28. The van der Waals surface area contributed by atoms with Crippen molar-refractivity contribution in [1.29, 1.82) is 0 Å². The minimum atomic E-state index is -0.907. The number of imidazole rings is 1. The van der Waals surface area contributed by atoms with Crippen molar-refractivity contribution in [2.24, 2.45) is 7.05 Å². The first-order valence-electron chi connectivity index (χ1n) is 5.93. The Labute approximate surface area is 109 Å². The van der Waals surface area contributed by atoms with Gasteiger partial charge in [-0.3, -0.25) is 0 Å². The molecule has 0 amide bonds. The molecule has 0 aliphatic rings. The van der Waals surface area contributed by atoms with Gasteiger partial charge in [-0.2, -0.15) is 0 Å². The lowest BCUT2D eigenvalue weighted by molar-refractivity contribution is 0.0698. The molecule has 0 aliphatic heterocycles. The van der Waals surface area contributed by atoms with Crippen LogP contribution in [0.5, 0.6) is 0 Å². The first-order valence-corrected chi connectivity index (χ1v) is 5.93. The third-order valence-corrected chi connectivity index (χ3v) is 3.27. The zero-order valence-electron chi connectivity index (χ0n) is 10.4. The number of hydrogen-bond acceptors (Lipinski definition) is 2. The predicted molar refractivity (Wildman–Crippen MR) is 71.2 cm³/mol. The minimum Gasteiger partial charge on any atom is -0.478 e. The maximum absolute atomic E-state index is 11.3. The summed E-state index contributed by atoms with van der Waals surface area (Å²) in [6.07, 6.45) is 5.43. The van der Waals surface area contributed by atoms with Crippen molar-refractivity contribution in [3.8, 4) is 0 Å². The van der Waals surface area contributed by atoms with Crippen molar-refractivity contribution in [2.45, 2.75) is 6.54 Å². The Morgan fingerprint density at radius 3 is 2.89 bits per heavy atom. The Balaban J connectivity index is 2.14. The summed E-state index contributed by atoms with van der Waals surface area (Å²) in [6.45, 7) is 0.601. The number of para-hydroxylation sites is 1. The average Bonchev–Trinajstić information content (AvgIpc) is 2.97. The van der Waals surface area contributed by atoms with E-state index in [1.54, 1.807) is 24.7 Å². The number of nitrogens with zero attached hydrogens (tertiary/aromatic N) is 3. The van der Waals surface area contributed by atoms with E-state index in [9.17, 15) is 9.90 Å². The fraction of sp³-hybridized carbons (Fsp3) is 0.143. The van der Waals surface area contributed by atoms with Gasteiger partial charge in [0.15, 0.2) is 0 Å². The summed E-state index contributed by atoms with van der Waals surface area (Å²) >= 11 is 0. The van der Waals surface area contributed by atoms with Gasteiger partial charge in [-0.25, -0.2) is 9.78 Å². The van der Waals surface area contributed by atoms with E-state index in [4.69, 9.17) is 0 Å². The number of benzene rings is 1. The Kier molecular flexibility index (Phi) is 2.59. The van der Waals surface area contributed by atoms with Crippen LogP contribution in [0.1, 0.15) is 16.1 Å². The quantitative estimate of drug-likeness (QED) is 0.779. The molecule has 5 nitrogen and oxygen atoms in total. The molecule has 0 saturated heterocycles. The predicted octanol–water partition coefficient (Wildman–Crippen LogP) is 2.12. The first-order chi connectivity index (χ1) is 9.16. The van der Waals surface area contributed by atoms with Crippen molar-refractivity contribution < 1.29 is 9.90 Å². The highest BCUT2D eigenvalue weighted by atomic mass is 16.4. The van der Waals surface area contributed by atoms with Gasteiger partial charge in [-0.1, -0.05) is 12.1 Å². The molecule has 0 atom stereocenters. The molecule has 3 aromatic rings.